The Morgan fingerprint density at radius 3 is 2.75 bits per heavy atom. The van der Waals surface area contributed by atoms with Gasteiger partial charge in [0.25, 0.3) is 0 Å². The molecule has 0 aliphatic heterocycles. The summed E-state index contributed by atoms with van der Waals surface area (Å²) in [5, 5.41) is 18.1. The van der Waals surface area contributed by atoms with Gasteiger partial charge in [-0.15, -0.1) is 0 Å². The summed E-state index contributed by atoms with van der Waals surface area (Å²) < 4.78 is 0. The van der Waals surface area contributed by atoms with Crippen LogP contribution in [0.4, 0.5) is 0 Å². The maximum Gasteiger partial charge on any atom is 0.0866 e. The van der Waals surface area contributed by atoms with Crippen molar-refractivity contribution < 1.29 is 5.11 Å². The standard InChI is InChI=1S/C9H16N2O/c1-11(7-6-10)8-4-2-3-5-9(8)12/h8-9,12H,2-5,7H2,1H3/t8-,9-/m1/s1. The molecule has 0 heterocycles. The Labute approximate surface area is 73.6 Å². The summed E-state index contributed by atoms with van der Waals surface area (Å²) in [4.78, 5) is 1.95. The van der Waals surface area contributed by atoms with E-state index < -0.39 is 0 Å². The molecule has 68 valence electrons. The maximum atomic E-state index is 9.61. The van der Waals surface area contributed by atoms with Gasteiger partial charge in [0, 0.05) is 6.04 Å². The number of aliphatic hydroxyl groups excluding tert-OH is 1. The maximum absolute atomic E-state index is 9.61. The molecule has 3 heteroatoms. The number of likely N-dealkylation sites (N-methyl/N-ethyl adjacent to an activating group) is 1. The minimum Gasteiger partial charge on any atom is -0.391 e. The summed E-state index contributed by atoms with van der Waals surface area (Å²) in [5.41, 5.74) is 0. The fourth-order valence-corrected chi connectivity index (χ4v) is 1.83. The normalized spacial score (nSPS) is 30.2. The van der Waals surface area contributed by atoms with Crippen LogP contribution < -0.4 is 0 Å². The quantitative estimate of drug-likeness (QED) is 0.619. The van der Waals surface area contributed by atoms with Gasteiger partial charge in [-0.2, -0.15) is 5.26 Å². The number of aliphatic hydroxyl groups is 1. The molecule has 2 atom stereocenters. The highest BCUT2D eigenvalue weighted by molar-refractivity contribution is 4.85. The van der Waals surface area contributed by atoms with Crippen LogP contribution in [0.3, 0.4) is 0 Å². The molecule has 0 radical (unpaired) electrons. The first-order valence-electron chi connectivity index (χ1n) is 4.51. The highest BCUT2D eigenvalue weighted by atomic mass is 16.3. The van der Waals surface area contributed by atoms with E-state index in [1.54, 1.807) is 0 Å². The van der Waals surface area contributed by atoms with E-state index in [9.17, 15) is 5.11 Å². The summed E-state index contributed by atoms with van der Waals surface area (Å²) in [6, 6.07) is 2.31. The fraction of sp³-hybridized carbons (Fsp3) is 0.889. The predicted octanol–water partition coefficient (Wildman–Crippen LogP) is 0.745. The molecule has 0 amide bonds. The Morgan fingerprint density at radius 1 is 1.50 bits per heavy atom. The van der Waals surface area contributed by atoms with Gasteiger partial charge in [0.2, 0.25) is 0 Å². The van der Waals surface area contributed by atoms with Gasteiger partial charge in [0.05, 0.1) is 18.7 Å². The first-order chi connectivity index (χ1) is 5.75. The second-order valence-electron chi connectivity index (χ2n) is 3.49. The molecule has 1 saturated carbocycles. The summed E-state index contributed by atoms with van der Waals surface area (Å²) >= 11 is 0. The van der Waals surface area contributed by atoms with E-state index in [1.807, 2.05) is 11.9 Å². The summed E-state index contributed by atoms with van der Waals surface area (Å²) in [6.45, 7) is 0.418. The van der Waals surface area contributed by atoms with Gasteiger partial charge in [-0.3, -0.25) is 4.90 Å². The van der Waals surface area contributed by atoms with Crippen molar-refractivity contribution in [1.82, 2.24) is 4.90 Å². The molecule has 0 aromatic heterocycles. The molecule has 1 aliphatic rings. The van der Waals surface area contributed by atoms with Crippen LogP contribution in [0.25, 0.3) is 0 Å². The van der Waals surface area contributed by atoms with E-state index in [0.29, 0.717) is 6.54 Å². The van der Waals surface area contributed by atoms with Crippen LogP contribution in [-0.4, -0.2) is 35.7 Å². The predicted molar refractivity (Wildman–Crippen MR) is 46.5 cm³/mol. The average molecular weight is 168 g/mol. The van der Waals surface area contributed by atoms with Gasteiger partial charge < -0.3 is 5.11 Å². The van der Waals surface area contributed by atoms with Gasteiger partial charge in [-0.25, -0.2) is 0 Å². The van der Waals surface area contributed by atoms with Crippen LogP contribution in [0.5, 0.6) is 0 Å². The minimum absolute atomic E-state index is 0.207. The number of hydrogen-bond acceptors (Lipinski definition) is 3. The third-order valence-corrected chi connectivity index (χ3v) is 2.58. The molecule has 0 bridgehead atoms. The van der Waals surface area contributed by atoms with Crippen molar-refractivity contribution in [1.29, 1.82) is 5.26 Å². The minimum atomic E-state index is -0.225. The number of nitriles is 1. The number of rotatable bonds is 2. The van der Waals surface area contributed by atoms with Gasteiger partial charge >= 0.3 is 0 Å². The summed E-state index contributed by atoms with van der Waals surface area (Å²) in [7, 11) is 1.91. The number of nitrogens with zero attached hydrogens (tertiary/aromatic N) is 2. The molecule has 12 heavy (non-hydrogen) atoms. The van der Waals surface area contributed by atoms with E-state index in [4.69, 9.17) is 5.26 Å². The highest BCUT2D eigenvalue weighted by Gasteiger charge is 2.25. The van der Waals surface area contributed by atoms with Gasteiger partial charge in [0.15, 0.2) is 0 Å². The van der Waals surface area contributed by atoms with Crippen LogP contribution in [0.1, 0.15) is 25.7 Å². The average Bonchev–Trinajstić information content (AvgIpc) is 2.05. The van der Waals surface area contributed by atoms with Crippen molar-refractivity contribution in [2.24, 2.45) is 0 Å². The SMILES string of the molecule is CN(CC#N)[C@@H]1CCCC[C@H]1O. The van der Waals surface area contributed by atoms with Crippen molar-refractivity contribution in [2.75, 3.05) is 13.6 Å². The highest BCUT2D eigenvalue weighted by Crippen LogP contribution is 2.21. The molecule has 1 fully saturated rings. The number of hydrogen-bond donors (Lipinski definition) is 1. The van der Waals surface area contributed by atoms with Crippen LogP contribution in [0.15, 0.2) is 0 Å². The lowest BCUT2D eigenvalue weighted by Gasteiger charge is -2.33. The lowest BCUT2D eigenvalue weighted by atomic mass is 9.92. The van der Waals surface area contributed by atoms with Gasteiger partial charge in [-0.1, -0.05) is 12.8 Å². The Kier molecular flexibility index (Phi) is 3.51. The Hall–Kier alpha value is -0.590. The van der Waals surface area contributed by atoms with Crippen LogP contribution in [0.2, 0.25) is 0 Å². The third-order valence-electron chi connectivity index (χ3n) is 2.58. The van der Waals surface area contributed by atoms with Crippen LogP contribution in [0, 0.1) is 11.3 Å². The van der Waals surface area contributed by atoms with Gasteiger partial charge in [-0.05, 0) is 19.9 Å². The smallest absolute Gasteiger partial charge is 0.0866 e. The molecule has 0 saturated heterocycles. The molecule has 1 aliphatic carbocycles. The van der Waals surface area contributed by atoms with E-state index in [1.165, 1.54) is 6.42 Å². The van der Waals surface area contributed by atoms with Crippen molar-refractivity contribution in [3.05, 3.63) is 0 Å². The Morgan fingerprint density at radius 2 is 2.17 bits per heavy atom. The monoisotopic (exact) mass is 168 g/mol. The van der Waals surface area contributed by atoms with Crippen molar-refractivity contribution in [2.45, 2.75) is 37.8 Å². The molecule has 0 unspecified atom stereocenters. The first-order valence-corrected chi connectivity index (χ1v) is 4.51. The fourth-order valence-electron chi connectivity index (χ4n) is 1.83. The molecule has 0 aromatic carbocycles. The van der Waals surface area contributed by atoms with E-state index in [0.717, 1.165) is 19.3 Å². The molecule has 0 aromatic rings. The topological polar surface area (TPSA) is 47.3 Å². The molecule has 1 rings (SSSR count). The molecular weight excluding hydrogens is 152 g/mol. The van der Waals surface area contributed by atoms with Crippen LogP contribution >= 0.6 is 0 Å². The lowest BCUT2D eigenvalue weighted by molar-refractivity contribution is 0.0379. The second-order valence-corrected chi connectivity index (χ2v) is 3.49. The second kappa shape index (κ2) is 4.44. The van der Waals surface area contributed by atoms with Gasteiger partial charge in [0.1, 0.15) is 0 Å². The zero-order valence-electron chi connectivity index (χ0n) is 7.53. The molecule has 3 nitrogen and oxygen atoms in total. The van der Waals surface area contributed by atoms with Crippen molar-refractivity contribution in [3.8, 4) is 6.07 Å². The zero-order chi connectivity index (χ0) is 8.97. The van der Waals surface area contributed by atoms with E-state index >= 15 is 0 Å². The summed E-state index contributed by atoms with van der Waals surface area (Å²) in [5.74, 6) is 0. The van der Waals surface area contributed by atoms with Crippen molar-refractivity contribution >= 4 is 0 Å². The molecule has 1 N–H and O–H groups in total. The third kappa shape index (κ3) is 2.20. The van der Waals surface area contributed by atoms with E-state index in [2.05, 4.69) is 6.07 Å². The lowest BCUT2D eigenvalue weighted by Crippen LogP contribution is -2.43. The molecule has 0 spiro atoms. The van der Waals surface area contributed by atoms with Crippen LogP contribution in [-0.2, 0) is 0 Å². The zero-order valence-corrected chi connectivity index (χ0v) is 7.53. The van der Waals surface area contributed by atoms with E-state index in [-0.39, 0.29) is 12.1 Å². The Balaban J connectivity index is 2.43. The summed E-state index contributed by atoms with van der Waals surface area (Å²) in [6.07, 6.45) is 3.99. The van der Waals surface area contributed by atoms with Crippen molar-refractivity contribution in [3.63, 3.8) is 0 Å². The first kappa shape index (κ1) is 9.50. The molecular formula is C9H16N2O. The Bertz CT molecular complexity index is 176. The largest absolute Gasteiger partial charge is 0.391 e.